The molecule has 0 spiro atoms. The van der Waals surface area contributed by atoms with E-state index in [1.807, 2.05) is 6.92 Å². The molecule has 50 heavy (non-hydrogen) atoms. The number of amides is 2. The molecule has 0 radical (unpaired) electrons. The van der Waals surface area contributed by atoms with E-state index < -0.39 is 35.8 Å². The van der Waals surface area contributed by atoms with Crippen LogP contribution in [0, 0.1) is 11.9 Å². The molecular formula is C33H39F2N7O8. The number of carbonyl (C=O) groups is 4. The number of nitrogens with zero attached hydrogens (tertiary/aromatic N) is 4. The van der Waals surface area contributed by atoms with E-state index in [9.17, 15) is 28.0 Å². The summed E-state index contributed by atoms with van der Waals surface area (Å²) >= 11 is 0. The largest absolute Gasteiger partial charge is 0.467 e. The first-order chi connectivity index (χ1) is 24.2. The van der Waals surface area contributed by atoms with Crippen LogP contribution in [-0.2, 0) is 9.59 Å². The van der Waals surface area contributed by atoms with E-state index in [0.717, 1.165) is 50.2 Å². The first kappa shape index (κ1) is 38.9. The molecule has 0 saturated heterocycles. The van der Waals surface area contributed by atoms with Crippen molar-refractivity contribution in [3.8, 4) is 11.8 Å². The van der Waals surface area contributed by atoms with Crippen LogP contribution in [0.3, 0.4) is 0 Å². The first-order valence-corrected chi connectivity index (χ1v) is 15.9. The Morgan fingerprint density at radius 2 is 1.18 bits per heavy atom. The number of halogens is 2. The quantitative estimate of drug-likeness (QED) is 0.0889. The fraction of sp³-hybridized carbons (Fsp3) is 0.394. The third kappa shape index (κ3) is 13.9. The minimum atomic E-state index is -0.754. The summed E-state index contributed by atoms with van der Waals surface area (Å²) in [5, 5.41) is 12.4. The Labute approximate surface area is 286 Å². The molecule has 0 unspecified atom stereocenters. The molecule has 4 N–H and O–H groups in total. The number of rotatable bonds is 20. The van der Waals surface area contributed by atoms with Gasteiger partial charge in [-0.05, 0) is 66.8 Å². The van der Waals surface area contributed by atoms with Gasteiger partial charge in [-0.25, -0.2) is 9.97 Å². The predicted molar refractivity (Wildman–Crippen MR) is 172 cm³/mol. The number of Topliss-reactive ketones (excluding diaryl/α,β-unsaturated/α-hetero) is 2. The number of unbranched alkanes of at least 4 members (excludes halogenated alkanes) is 3. The van der Waals surface area contributed by atoms with Crippen LogP contribution in [0.25, 0.3) is 0 Å². The fourth-order valence-corrected chi connectivity index (χ4v) is 4.27. The van der Waals surface area contributed by atoms with Crippen LogP contribution in [-0.4, -0.2) is 75.5 Å². The molecule has 0 bridgehead atoms. The molecule has 0 aromatic carbocycles. The van der Waals surface area contributed by atoms with E-state index in [1.165, 1.54) is 36.8 Å². The van der Waals surface area contributed by atoms with Gasteiger partial charge < -0.3 is 34.9 Å². The first-order valence-electron chi connectivity index (χ1n) is 15.9. The third-order valence-electron chi connectivity index (χ3n) is 6.96. The van der Waals surface area contributed by atoms with Gasteiger partial charge in [-0.15, -0.1) is 0 Å². The standard InChI is InChI=1S/C17H20FN3O4.C16H19FN4O4/c1-2-3-4-5-13(14(22)11-24-16-8-9-25-21-16)20-17(23)12-6-7-15(18)19-10-12;17-14-5-4-11(9-19-14)16(23)20-12(3-1-2-7-18)13(22)10-24-15-6-8-25-21-15/h6-10,13H,2-5,11H2,1H3,(H,20,23);4-6,8-9,12H,1-3,7,10,18H2,(H,20,23)/t13-;12-/m00/s1. The molecule has 0 aliphatic carbocycles. The van der Waals surface area contributed by atoms with Gasteiger partial charge in [-0.3, -0.25) is 19.2 Å². The highest BCUT2D eigenvalue weighted by Gasteiger charge is 2.23. The van der Waals surface area contributed by atoms with Crippen LogP contribution < -0.4 is 25.8 Å². The van der Waals surface area contributed by atoms with Crippen LogP contribution >= 0.6 is 0 Å². The second-order valence-electron chi connectivity index (χ2n) is 10.8. The van der Waals surface area contributed by atoms with Crippen LogP contribution in [0.2, 0.25) is 0 Å². The van der Waals surface area contributed by atoms with E-state index in [-0.39, 0.29) is 47.7 Å². The van der Waals surface area contributed by atoms with Gasteiger partial charge in [0.25, 0.3) is 23.6 Å². The minimum absolute atomic E-state index is 0.162. The average Bonchev–Trinajstić information content (AvgIpc) is 3.85. The molecule has 17 heteroatoms. The van der Waals surface area contributed by atoms with Crippen molar-refractivity contribution in [1.82, 2.24) is 30.9 Å². The summed E-state index contributed by atoms with van der Waals surface area (Å²) in [5.41, 5.74) is 5.81. The van der Waals surface area contributed by atoms with Crippen molar-refractivity contribution in [1.29, 1.82) is 0 Å². The molecule has 4 aromatic heterocycles. The Balaban J connectivity index is 0.000000270. The summed E-state index contributed by atoms with van der Waals surface area (Å²) < 4.78 is 45.4. The number of pyridine rings is 2. The normalized spacial score (nSPS) is 11.8. The Bertz CT molecular complexity index is 1470. The Kier molecular flexibility index (Phi) is 16.6. The zero-order valence-electron chi connectivity index (χ0n) is 27.4. The highest BCUT2D eigenvalue weighted by Crippen LogP contribution is 2.11. The van der Waals surface area contributed by atoms with Crippen molar-refractivity contribution in [2.45, 2.75) is 64.0 Å². The molecule has 4 aromatic rings. The van der Waals surface area contributed by atoms with E-state index in [4.69, 9.17) is 15.2 Å². The molecule has 0 aliphatic rings. The maximum atomic E-state index is 12.9. The minimum Gasteiger partial charge on any atom is -0.467 e. The molecule has 4 heterocycles. The van der Waals surface area contributed by atoms with Gasteiger partial charge in [0.15, 0.2) is 24.8 Å². The summed E-state index contributed by atoms with van der Waals surface area (Å²) in [5.74, 6) is -2.56. The second kappa shape index (κ2) is 21.4. The fourth-order valence-electron chi connectivity index (χ4n) is 4.27. The molecular weight excluding hydrogens is 660 g/mol. The number of ketones is 2. The zero-order chi connectivity index (χ0) is 36.1. The summed E-state index contributed by atoms with van der Waals surface area (Å²) in [4.78, 5) is 56.1. The Morgan fingerprint density at radius 1 is 0.720 bits per heavy atom. The molecule has 2 atom stereocenters. The van der Waals surface area contributed by atoms with E-state index in [0.29, 0.717) is 25.8 Å². The monoisotopic (exact) mass is 699 g/mol. The smallest absolute Gasteiger partial charge is 0.254 e. The van der Waals surface area contributed by atoms with Crippen LogP contribution in [0.5, 0.6) is 11.8 Å². The van der Waals surface area contributed by atoms with Crippen molar-refractivity contribution >= 4 is 23.4 Å². The predicted octanol–water partition coefficient (Wildman–Crippen LogP) is 3.62. The SMILES string of the molecule is CCCCC[C@H](NC(=O)c1ccc(F)nc1)C(=O)COc1ccon1.NCCCC[C@H](NC(=O)c1ccc(F)nc1)C(=O)COc1ccon1. The molecule has 2 amide bonds. The van der Waals surface area contributed by atoms with Crippen LogP contribution in [0.1, 0.15) is 72.6 Å². The average molecular weight is 700 g/mol. The highest BCUT2D eigenvalue weighted by atomic mass is 19.1. The molecule has 268 valence electrons. The van der Waals surface area contributed by atoms with Crippen LogP contribution in [0.4, 0.5) is 8.78 Å². The molecule has 15 nitrogen and oxygen atoms in total. The van der Waals surface area contributed by atoms with Gasteiger partial charge in [-0.2, -0.15) is 8.78 Å². The molecule has 0 fully saturated rings. The van der Waals surface area contributed by atoms with E-state index in [1.54, 1.807) is 0 Å². The maximum absolute atomic E-state index is 12.9. The number of hydrogen-bond donors (Lipinski definition) is 3. The van der Waals surface area contributed by atoms with Gasteiger partial charge >= 0.3 is 0 Å². The van der Waals surface area contributed by atoms with E-state index >= 15 is 0 Å². The molecule has 4 rings (SSSR count). The topological polar surface area (TPSA) is 215 Å². The number of ether oxygens (including phenoxy) is 2. The second-order valence-corrected chi connectivity index (χ2v) is 10.8. The van der Waals surface area contributed by atoms with Gasteiger partial charge in [0.2, 0.25) is 11.9 Å². The van der Waals surface area contributed by atoms with Crippen molar-refractivity contribution in [2.24, 2.45) is 5.73 Å². The number of nitrogens with one attached hydrogen (secondary N) is 2. The zero-order valence-corrected chi connectivity index (χ0v) is 27.4. The lowest BCUT2D eigenvalue weighted by Gasteiger charge is -2.17. The van der Waals surface area contributed by atoms with Gasteiger partial charge in [-0.1, -0.05) is 26.2 Å². The van der Waals surface area contributed by atoms with Crippen molar-refractivity contribution in [2.75, 3.05) is 19.8 Å². The number of nitrogens with two attached hydrogens (primary N) is 1. The molecule has 0 saturated carbocycles. The third-order valence-corrected chi connectivity index (χ3v) is 6.96. The Morgan fingerprint density at radius 3 is 1.54 bits per heavy atom. The number of hydrogen-bond acceptors (Lipinski definition) is 13. The van der Waals surface area contributed by atoms with Crippen molar-refractivity contribution in [3.05, 3.63) is 84.3 Å². The van der Waals surface area contributed by atoms with Crippen molar-refractivity contribution in [3.63, 3.8) is 0 Å². The Hall–Kier alpha value is -5.58. The molecule has 0 aliphatic heterocycles. The van der Waals surface area contributed by atoms with Gasteiger partial charge in [0.05, 0.1) is 23.2 Å². The highest BCUT2D eigenvalue weighted by molar-refractivity contribution is 5.98. The van der Waals surface area contributed by atoms with Gasteiger partial charge in [0, 0.05) is 24.5 Å². The lowest BCUT2D eigenvalue weighted by atomic mass is 10.0. The lowest BCUT2D eigenvalue weighted by molar-refractivity contribution is -0.123. The van der Waals surface area contributed by atoms with E-state index in [2.05, 4.69) is 40.0 Å². The summed E-state index contributed by atoms with van der Waals surface area (Å²) in [7, 11) is 0. The maximum Gasteiger partial charge on any atom is 0.254 e. The van der Waals surface area contributed by atoms with Crippen LogP contribution in [0.15, 0.2) is 70.4 Å². The lowest BCUT2D eigenvalue weighted by Crippen LogP contribution is -2.43. The summed E-state index contributed by atoms with van der Waals surface area (Å²) in [6.07, 6.45) is 9.92. The summed E-state index contributed by atoms with van der Waals surface area (Å²) in [6.45, 7) is 2.05. The number of carbonyl (C=O) groups excluding carboxylic acids is 4. The van der Waals surface area contributed by atoms with Gasteiger partial charge in [0.1, 0.15) is 12.5 Å². The summed E-state index contributed by atoms with van der Waals surface area (Å²) in [6, 6.07) is 6.29. The number of aromatic nitrogens is 4. The van der Waals surface area contributed by atoms with Crippen molar-refractivity contribution < 1.29 is 46.5 Å².